The van der Waals surface area contributed by atoms with Crippen LogP contribution in [-0.4, -0.2) is 25.1 Å². The summed E-state index contributed by atoms with van der Waals surface area (Å²) in [4.78, 5) is 0. The van der Waals surface area contributed by atoms with Gasteiger partial charge in [-0.3, -0.25) is 0 Å². The molecule has 0 amide bonds. The third-order valence-electron chi connectivity index (χ3n) is 3.99. The summed E-state index contributed by atoms with van der Waals surface area (Å²) >= 11 is 3.35. The highest BCUT2D eigenvalue weighted by Gasteiger charge is 2.40. The van der Waals surface area contributed by atoms with E-state index in [0.717, 1.165) is 30.2 Å². The van der Waals surface area contributed by atoms with Crippen molar-refractivity contribution in [1.29, 1.82) is 0 Å². The summed E-state index contributed by atoms with van der Waals surface area (Å²) < 4.78 is 31.7. The molecule has 1 spiro atoms. The van der Waals surface area contributed by atoms with Gasteiger partial charge in [0.05, 0.1) is 25.9 Å². The number of hydrogen-bond donors (Lipinski definition) is 0. The average molecular weight is 345 g/mol. The minimum atomic E-state index is -0.360. The minimum Gasteiger partial charge on any atom is -0.373 e. The minimum absolute atomic E-state index is 0.159. The normalized spacial score (nSPS) is 22.5. The summed E-state index contributed by atoms with van der Waals surface area (Å²) in [6.45, 7) is 1.69. The van der Waals surface area contributed by atoms with E-state index in [1.807, 2.05) is 0 Å². The SMILES string of the molecule is Fc1ccc(Br)cc1COC1CCC2(CC1)OCCO2. The second-order valence-electron chi connectivity index (χ2n) is 5.35. The third kappa shape index (κ3) is 3.22. The van der Waals surface area contributed by atoms with Gasteiger partial charge < -0.3 is 14.2 Å². The van der Waals surface area contributed by atoms with Crippen LogP contribution in [0.25, 0.3) is 0 Å². The van der Waals surface area contributed by atoms with Crippen molar-refractivity contribution in [2.45, 2.75) is 44.2 Å². The Labute approximate surface area is 126 Å². The molecule has 0 atom stereocenters. The van der Waals surface area contributed by atoms with Crippen molar-refractivity contribution in [1.82, 2.24) is 0 Å². The molecule has 0 aromatic heterocycles. The van der Waals surface area contributed by atoms with Gasteiger partial charge in [-0.1, -0.05) is 15.9 Å². The summed E-state index contributed by atoms with van der Waals surface area (Å²) in [7, 11) is 0. The van der Waals surface area contributed by atoms with Crippen molar-refractivity contribution < 1.29 is 18.6 Å². The van der Waals surface area contributed by atoms with Crippen LogP contribution in [0.5, 0.6) is 0 Å². The average Bonchev–Trinajstić information content (AvgIpc) is 2.90. The maximum atomic E-state index is 13.6. The van der Waals surface area contributed by atoms with Gasteiger partial charge in [0.25, 0.3) is 0 Å². The van der Waals surface area contributed by atoms with Crippen LogP contribution in [0.4, 0.5) is 4.39 Å². The van der Waals surface area contributed by atoms with E-state index in [4.69, 9.17) is 14.2 Å². The number of halogens is 2. The molecule has 1 saturated carbocycles. The second-order valence-corrected chi connectivity index (χ2v) is 6.27. The Kier molecular flexibility index (Phi) is 4.40. The van der Waals surface area contributed by atoms with Crippen molar-refractivity contribution in [2.24, 2.45) is 0 Å². The summed E-state index contributed by atoms with van der Waals surface area (Å²) in [5, 5.41) is 0. The molecule has 1 saturated heterocycles. The van der Waals surface area contributed by atoms with Crippen LogP contribution < -0.4 is 0 Å². The summed E-state index contributed by atoms with van der Waals surface area (Å²) in [6.07, 6.45) is 3.68. The molecule has 0 bridgehead atoms. The quantitative estimate of drug-likeness (QED) is 0.834. The van der Waals surface area contributed by atoms with Gasteiger partial charge in [-0.2, -0.15) is 0 Å². The van der Waals surface area contributed by atoms with E-state index in [9.17, 15) is 4.39 Å². The molecule has 1 heterocycles. The van der Waals surface area contributed by atoms with Gasteiger partial charge in [0, 0.05) is 22.9 Å². The predicted octanol–water partition coefficient (Wildman–Crippen LogP) is 3.79. The molecule has 0 N–H and O–H groups in total. The highest BCUT2D eigenvalue weighted by atomic mass is 79.9. The largest absolute Gasteiger partial charge is 0.373 e. The molecule has 1 aliphatic heterocycles. The van der Waals surface area contributed by atoms with Crippen LogP contribution in [0.1, 0.15) is 31.2 Å². The van der Waals surface area contributed by atoms with Crippen molar-refractivity contribution >= 4 is 15.9 Å². The van der Waals surface area contributed by atoms with Gasteiger partial charge in [-0.05, 0) is 31.0 Å². The van der Waals surface area contributed by atoms with E-state index in [1.54, 1.807) is 12.1 Å². The zero-order valence-electron chi connectivity index (χ0n) is 11.2. The predicted molar refractivity (Wildman–Crippen MR) is 75.8 cm³/mol. The van der Waals surface area contributed by atoms with Crippen LogP contribution in [-0.2, 0) is 20.8 Å². The first-order valence-corrected chi connectivity index (χ1v) is 7.80. The molecule has 0 unspecified atom stereocenters. The fourth-order valence-corrected chi connectivity index (χ4v) is 3.25. The fraction of sp³-hybridized carbons (Fsp3) is 0.600. The fourth-order valence-electron chi connectivity index (χ4n) is 2.85. The van der Waals surface area contributed by atoms with E-state index in [1.165, 1.54) is 6.07 Å². The molecule has 0 radical (unpaired) electrons. The Hall–Kier alpha value is -0.490. The number of hydrogen-bond acceptors (Lipinski definition) is 3. The van der Waals surface area contributed by atoms with E-state index in [0.29, 0.717) is 25.4 Å². The molecule has 3 rings (SSSR count). The van der Waals surface area contributed by atoms with Gasteiger partial charge in [-0.15, -0.1) is 0 Å². The monoisotopic (exact) mass is 344 g/mol. The molecule has 1 aromatic carbocycles. The zero-order chi connectivity index (χ0) is 14.0. The third-order valence-corrected chi connectivity index (χ3v) is 4.48. The Morgan fingerprint density at radius 3 is 2.65 bits per heavy atom. The van der Waals surface area contributed by atoms with Gasteiger partial charge in [0.1, 0.15) is 5.82 Å². The molecule has 1 aromatic rings. The number of rotatable bonds is 3. The Morgan fingerprint density at radius 1 is 1.25 bits per heavy atom. The van der Waals surface area contributed by atoms with E-state index in [-0.39, 0.29) is 17.7 Å². The topological polar surface area (TPSA) is 27.7 Å². The molecular weight excluding hydrogens is 327 g/mol. The van der Waals surface area contributed by atoms with Gasteiger partial charge in [-0.25, -0.2) is 4.39 Å². The molecular formula is C15H18BrFO3. The standard InChI is InChI=1S/C15H18BrFO3/c16-12-1-2-14(17)11(9-12)10-18-13-3-5-15(6-4-13)19-7-8-20-15/h1-2,9,13H,3-8,10H2. The maximum absolute atomic E-state index is 13.6. The maximum Gasteiger partial charge on any atom is 0.168 e. The first kappa shape index (κ1) is 14.4. The highest BCUT2D eigenvalue weighted by molar-refractivity contribution is 9.10. The molecule has 110 valence electrons. The lowest BCUT2D eigenvalue weighted by molar-refractivity contribution is -0.192. The van der Waals surface area contributed by atoms with Crippen LogP contribution in [0, 0.1) is 5.82 Å². The number of benzene rings is 1. The van der Waals surface area contributed by atoms with Crippen molar-refractivity contribution in [3.05, 3.63) is 34.1 Å². The first-order valence-electron chi connectivity index (χ1n) is 7.00. The van der Waals surface area contributed by atoms with E-state index in [2.05, 4.69) is 15.9 Å². The highest BCUT2D eigenvalue weighted by Crippen LogP contribution is 2.37. The Balaban J connectivity index is 1.51. The van der Waals surface area contributed by atoms with Crippen molar-refractivity contribution in [3.8, 4) is 0 Å². The van der Waals surface area contributed by atoms with Crippen LogP contribution in [0.3, 0.4) is 0 Å². The van der Waals surface area contributed by atoms with Crippen molar-refractivity contribution in [3.63, 3.8) is 0 Å². The van der Waals surface area contributed by atoms with Crippen LogP contribution in [0.2, 0.25) is 0 Å². The lowest BCUT2D eigenvalue weighted by Gasteiger charge is -2.35. The second kappa shape index (κ2) is 6.10. The summed E-state index contributed by atoms with van der Waals surface area (Å²) in [5.41, 5.74) is 0.591. The molecule has 20 heavy (non-hydrogen) atoms. The molecule has 1 aliphatic carbocycles. The van der Waals surface area contributed by atoms with Crippen molar-refractivity contribution in [2.75, 3.05) is 13.2 Å². The van der Waals surface area contributed by atoms with E-state index < -0.39 is 0 Å². The van der Waals surface area contributed by atoms with Gasteiger partial charge >= 0.3 is 0 Å². The molecule has 5 heteroatoms. The smallest absolute Gasteiger partial charge is 0.168 e. The number of ether oxygens (including phenoxy) is 3. The van der Waals surface area contributed by atoms with Crippen LogP contribution in [0.15, 0.2) is 22.7 Å². The zero-order valence-corrected chi connectivity index (χ0v) is 12.8. The molecule has 2 fully saturated rings. The molecule has 3 nitrogen and oxygen atoms in total. The molecule has 2 aliphatic rings. The lowest BCUT2D eigenvalue weighted by Crippen LogP contribution is -2.37. The first-order chi connectivity index (χ1) is 9.67. The van der Waals surface area contributed by atoms with Gasteiger partial charge in [0.15, 0.2) is 5.79 Å². The van der Waals surface area contributed by atoms with E-state index >= 15 is 0 Å². The Bertz CT molecular complexity index is 464. The Morgan fingerprint density at radius 2 is 1.95 bits per heavy atom. The summed E-state index contributed by atoms with van der Waals surface area (Å²) in [5.74, 6) is -0.580. The summed E-state index contributed by atoms with van der Waals surface area (Å²) in [6, 6.07) is 4.92. The van der Waals surface area contributed by atoms with Crippen LogP contribution >= 0.6 is 15.9 Å². The lowest BCUT2D eigenvalue weighted by atomic mass is 9.92. The van der Waals surface area contributed by atoms with Gasteiger partial charge in [0.2, 0.25) is 0 Å².